The molecule has 0 radical (unpaired) electrons. The molecule has 1 fully saturated rings. The summed E-state index contributed by atoms with van der Waals surface area (Å²) in [5.41, 5.74) is 0.820. The predicted molar refractivity (Wildman–Crippen MR) is 78.1 cm³/mol. The molecule has 0 spiro atoms. The highest BCUT2D eigenvalue weighted by Crippen LogP contribution is 2.23. The zero-order valence-electron chi connectivity index (χ0n) is 11.9. The maximum atomic E-state index is 14.1. The summed E-state index contributed by atoms with van der Waals surface area (Å²) in [7, 11) is 1.18. The number of rotatable bonds is 3. The molecule has 21 heavy (non-hydrogen) atoms. The normalized spacial score (nSPS) is 15.5. The standard InChI is InChI=1S/C16H17FN2O2/c1-21-16(20)13(11-18)9-12-5-6-14(10-15(12)17)19-7-3-2-4-8-19/h5-6,9-10H,2-4,7-8H2,1H3/b13-9+. The zero-order valence-corrected chi connectivity index (χ0v) is 11.9. The van der Waals surface area contributed by atoms with Gasteiger partial charge in [0.05, 0.1) is 7.11 Å². The van der Waals surface area contributed by atoms with Gasteiger partial charge in [0.2, 0.25) is 0 Å². The first-order valence-corrected chi connectivity index (χ1v) is 6.90. The third-order valence-electron chi connectivity index (χ3n) is 3.53. The summed E-state index contributed by atoms with van der Waals surface area (Å²) < 4.78 is 18.6. The number of methoxy groups -OCH3 is 1. The van der Waals surface area contributed by atoms with Gasteiger partial charge in [0.1, 0.15) is 17.5 Å². The first-order valence-electron chi connectivity index (χ1n) is 6.90. The van der Waals surface area contributed by atoms with Crippen LogP contribution in [0.5, 0.6) is 0 Å². The van der Waals surface area contributed by atoms with E-state index in [1.165, 1.54) is 25.7 Å². The molecule has 1 aliphatic rings. The van der Waals surface area contributed by atoms with E-state index < -0.39 is 11.8 Å². The van der Waals surface area contributed by atoms with Gasteiger partial charge in [0.25, 0.3) is 0 Å². The van der Waals surface area contributed by atoms with Crippen molar-refractivity contribution in [3.8, 4) is 6.07 Å². The summed E-state index contributed by atoms with van der Waals surface area (Å²) >= 11 is 0. The number of nitrogens with zero attached hydrogens (tertiary/aromatic N) is 2. The summed E-state index contributed by atoms with van der Waals surface area (Å²) in [6.07, 6.45) is 4.65. The van der Waals surface area contributed by atoms with Gasteiger partial charge >= 0.3 is 5.97 Å². The molecule has 0 N–H and O–H groups in total. The highest BCUT2D eigenvalue weighted by atomic mass is 19.1. The molecule has 5 heteroatoms. The summed E-state index contributed by atoms with van der Waals surface area (Å²) in [6, 6.07) is 6.56. The van der Waals surface area contributed by atoms with Crippen molar-refractivity contribution in [2.45, 2.75) is 19.3 Å². The van der Waals surface area contributed by atoms with Gasteiger partial charge in [-0.05, 0) is 43.5 Å². The van der Waals surface area contributed by atoms with Crippen LogP contribution in [0.1, 0.15) is 24.8 Å². The molecule has 0 amide bonds. The first kappa shape index (κ1) is 15.0. The lowest BCUT2D eigenvalue weighted by Crippen LogP contribution is -2.29. The number of hydrogen-bond donors (Lipinski definition) is 0. The van der Waals surface area contributed by atoms with Crippen molar-refractivity contribution in [3.05, 3.63) is 35.2 Å². The monoisotopic (exact) mass is 288 g/mol. The van der Waals surface area contributed by atoms with Gasteiger partial charge in [0.15, 0.2) is 0 Å². The summed E-state index contributed by atoms with van der Waals surface area (Å²) in [5.74, 6) is -1.22. The first-order chi connectivity index (χ1) is 10.2. The SMILES string of the molecule is COC(=O)/C(C#N)=C/c1ccc(N2CCCCC2)cc1F. The third kappa shape index (κ3) is 3.60. The Labute approximate surface area is 123 Å². The van der Waals surface area contributed by atoms with Crippen LogP contribution in [-0.4, -0.2) is 26.2 Å². The molecular weight excluding hydrogens is 271 g/mol. The van der Waals surface area contributed by atoms with E-state index in [4.69, 9.17) is 5.26 Å². The number of halogens is 1. The molecule has 0 bridgehead atoms. The third-order valence-corrected chi connectivity index (χ3v) is 3.53. The lowest BCUT2D eigenvalue weighted by atomic mass is 10.1. The van der Waals surface area contributed by atoms with E-state index in [0.29, 0.717) is 0 Å². The number of piperidine rings is 1. The second-order valence-corrected chi connectivity index (χ2v) is 4.91. The number of hydrogen-bond acceptors (Lipinski definition) is 4. The van der Waals surface area contributed by atoms with Crippen LogP contribution in [0, 0.1) is 17.1 Å². The summed E-state index contributed by atoms with van der Waals surface area (Å²) in [4.78, 5) is 13.5. The van der Waals surface area contributed by atoms with Gasteiger partial charge in [-0.1, -0.05) is 0 Å². The molecule has 1 aromatic rings. The van der Waals surface area contributed by atoms with Gasteiger partial charge < -0.3 is 9.64 Å². The zero-order chi connectivity index (χ0) is 15.2. The van der Waals surface area contributed by atoms with Gasteiger partial charge in [-0.25, -0.2) is 9.18 Å². The minimum atomic E-state index is -0.767. The smallest absolute Gasteiger partial charge is 0.348 e. The van der Waals surface area contributed by atoms with Crippen LogP contribution in [0.15, 0.2) is 23.8 Å². The van der Waals surface area contributed by atoms with Crippen molar-refractivity contribution in [2.75, 3.05) is 25.1 Å². The molecule has 0 aliphatic carbocycles. The van der Waals surface area contributed by atoms with Gasteiger partial charge in [0, 0.05) is 24.3 Å². The van der Waals surface area contributed by atoms with Crippen molar-refractivity contribution in [2.24, 2.45) is 0 Å². The molecule has 0 atom stereocenters. The molecule has 110 valence electrons. The van der Waals surface area contributed by atoms with E-state index in [2.05, 4.69) is 9.64 Å². The van der Waals surface area contributed by atoms with E-state index >= 15 is 0 Å². The molecule has 1 heterocycles. The number of esters is 1. The Bertz CT molecular complexity index is 599. The Morgan fingerprint density at radius 2 is 2.10 bits per heavy atom. The van der Waals surface area contributed by atoms with E-state index in [0.717, 1.165) is 31.6 Å². The van der Waals surface area contributed by atoms with Gasteiger partial charge in [-0.15, -0.1) is 0 Å². The fraction of sp³-hybridized carbons (Fsp3) is 0.375. The minimum absolute atomic E-state index is 0.206. The Hall–Kier alpha value is -2.35. The molecule has 1 saturated heterocycles. The van der Waals surface area contributed by atoms with Crippen LogP contribution in [0.3, 0.4) is 0 Å². The highest BCUT2D eigenvalue weighted by molar-refractivity contribution is 5.97. The van der Waals surface area contributed by atoms with Gasteiger partial charge in [-0.2, -0.15) is 5.26 Å². The number of nitriles is 1. The molecule has 0 unspecified atom stereocenters. The second-order valence-electron chi connectivity index (χ2n) is 4.91. The molecular formula is C16H17FN2O2. The quantitative estimate of drug-likeness (QED) is 0.487. The number of benzene rings is 1. The second kappa shape index (κ2) is 6.89. The predicted octanol–water partition coefficient (Wildman–Crippen LogP) is 2.90. The van der Waals surface area contributed by atoms with Crippen LogP contribution in [0.25, 0.3) is 6.08 Å². The van der Waals surface area contributed by atoms with E-state index in [1.807, 2.05) is 6.07 Å². The number of carbonyl (C=O) groups excluding carboxylic acids is 1. The van der Waals surface area contributed by atoms with Crippen molar-refractivity contribution in [1.29, 1.82) is 5.26 Å². The fourth-order valence-corrected chi connectivity index (χ4v) is 2.38. The van der Waals surface area contributed by atoms with Crippen LogP contribution >= 0.6 is 0 Å². The Morgan fingerprint density at radius 1 is 1.38 bits per heavy atom. The average Bonchev–Trinajstić information content (AvgIpc) is 2.53. The minimum Gasteiger partial charge on any atom is -0.465 e. The number of ether oxygens (including phenoxy) is 1. The topological polar surface area (TPSA) is 53.3 Å². The van der Waals surface area contributed by atoms with Crippen LogP contribution in [0.2, 0.25) is 0 Å². The highest BCUT2D eigenvalue weighted by Gasteiger charge is 2.14. The van der Waals surface area contributed by atoms with Crippen LogP contribution in [-0.2, 0) is 9.53 Å². The Balaban J connectivity index is 2.25. The van der Waals surface area contributed by atoms with E-state index in [9.17, 15) is 9.18 Å². The largest absolute Gasteiger partial charge is 0.465 e. The molecule has 1 aliphatic heterocycles. The van der Waals surface area contributed by atoms with Crippen molar-refractivity contribution in [1.82, 2.24) is 0 Å². The van der Waals surface area contributed by atoms with E-state index in [1.54, 1.807) is 12.1 Å². The van der Waals surface area contributed by atoms with Gasteiger partial charge in [-0.3, -0.25) is 0 Å². The Morgan fingerprint density at radius 3 is 2.67 bits per heavy atom. The average molecular weight is 288 g/mol. The molecule has 4 nitrogen and oxygen atoms in total. The number of anilines is 1. The maximum absolute atomic E-state index is 14.1. The van der Waals surface area contributed by atoms with Crippen molar-refractivity contribution in [3.63, 3.8) is 0 Å². The fourth-order valence-electron chi connectivity index (χ4n) is 2.38. The van der Waals surface area contributed by atoms with Crippen LogP contribution in [0.4, 0.5) is 10.1 Å². The lowest BCUT2D eigenvalue weighted by Gasteiger charge is -2.28. The van der Waals surface area contributed by atoms with Crippen molar-refractivity contribution >= 4 is 17.7 Å². The molecule has 2 rings (SSSR count). The van der Waals surface area contributed by atoms with E-state index in [-0.39, 0.29) is 11.1 Å². The van der Waals surface area contributed by atoms with Crippen molar-refractivity contribution < 1.29 is 13.9 Å². The molecule has 1 aromatic carbocycles. The lowest BCUT2D eigenvalue weighted by molar-refractivity contribution is -0.135. The maximum Gasteiger partial charge on any atom is 0.348 e. The molecule has 0 saturated carbocycles. The summed E-state index contributed by atoms with van der Waals surface area (Å²) in [6.45, 7) is 1.86. The molecule has 0 aromatic heterocycles. The van der Waals surface area contributed by atoms with Crippen LogP contribution < -0.4 is 4.90 Å². The number of carbonyl (C=O) groups is 1. The summed E-state index contributed by atoms with van der Waals surface area (Å²) in [5, 5.41) is 8.89. The Kier molecular flexibility index (Phi) is 4.94.